The summed E-state index contributed by atoms with van der Waals surface area (Å²) in [6.45, 7) is -0.190. The Hall–Kier alpha value is -3.31. The molecule has 0 aliphatic heterocycles. The zero-order valence-electron chi connectivity index (χ0n) is 13.9. The van der Waals surface area contributed by atoms with Crippen LogP contribution in [0.1, 0.15) is 11.1 Å². The number of aliphatic hydroxyl groups excluding tert-OH is 1. The number of halogens is 1. The van der Waals surface area contributed by atoms with E-state index in [1.165, 1.54) is 12.1 Å². The summed E-state index contributed by atoms with van der Waals surface area (Å²) in [5, 5.41) is 18.7. The summed E-state index contributed by atoms with van der Waals surface area (Å²) in [4.78, 5) is 0. The smallest absolute Gasteiger partial charge is 0.123 e. The molecule has 1 heterocycles. The standard InChI is InChI=1S/C21H16FN3O/c22-17-12-10-16(11-13-17)21(18(14-26)15-6-2-1-3-7-15)25-20-9-5-4-8-19(20)23-24-25/h1-13,26H,14H2/b21-18-. The highest BCUT2D eigenvalue weighted by Gasteiger charge is 2.17. The topological polar surface area (TPSA) is 50.9 Å². The average molecular weight is 345 g/mol. The van der Waals surface area contributed by atoms with E-state index in [0.717, 1.165) is 22.2 Å². The first-order chi connectivity index (χ1) is 12.8. The molecule has 4 rings (SSSR count). The monoisotopic (exact) mass is 345 g/mol. The van der Waals surface area contributed by atoms with Gasteiger partial charge < -0.3 is 5.11 Å². The van der Waals surface area contributed by atoms with Gasteiger partial charge in [0, 0.05) is 11.1 Å². The van der Waals surface area contributed by atoms with E-state index in [4.69, 9.17) is 0 Å². The van der Waals surface area contributed by atoms with Gasteiger partial charge in [-0.15, -0.1) is 5.10 Å². The molecule has 3 aromatic carbocycles. The van der Waals surface area contributed by atoms with Gasteiger partial charge in [-0.2, -0.15) is 0 Å². The van der Waals surface area contributed by atoms with Crippen LogP contribution in [0.25, 0.3) is 22.3 Å². The lowest BCUT2D eigenvalue weighted by molar-refractivity contribution is 0.350. The molecular weight excluding hydrogens is 329 g/mol. The van der Waals surface area contributed by atoms with Gasteiger partial charge in [0.15, 0.2) is 0 Å². The van der Waals surface area contributed by atoms with E-state index >= 15 is 0 Å². The van der Waals surface area contributed by atoms with Gasteiger partial charge in [-0.1, -0.05) is 47.7 Å². The molecule has 0 aliphatic rings. The molecule has 0 bridgehead atoms. The Balaban J connectivity index is 2.04. The van der Waals surface area contributed by atoms with Crippen molar-refractivity contribution < 1.29 is 9.50 Å². The number of rotatable bonds is 4. The Morgan fingerprint density at radius 2 is 1.54 bits per heavy atom. The number of hydrogen-bond acceptors (Lipinski definition) is 3. The van der Waals surface area contributed by atoms with Crippen LogP contribution in [0.3, 0.4) is 0 Å². The summed E-state index contributed by atoms with van der Waals surface area (Å²) in [6, 6.07) is 23.3. The summed E-state index contributed by atoms with van der Waals surface area (Å²) in [5.41, 5.74) is 4.54. The number of fused-ring (bicyclic) bond motifs is 1. The molecule has 0 spiro atoms. The molecule has 4 nitrogen and oxygen atoms in total. The molecular formula is C21H16FN3O. The second-order valence-corrected chi connectivity index (χ2v) is 5.85. The fourth-order valence-electron chi connectivity index (χ4n) is 3.01. The fraction of sp³-hybridized carbons (Fsp3) is 0.0476. The highest BCUT2D eigenvalue weighted by atomic mass is 19.1. The average Bonchev–Trinajstić information content (AvgIpc) is 3.11. The van der Waals surface area contributed by atoms with Gasteiger partial charge in [0.1, 0.15) is 11.3 Å². The van der Waals surface area contributed by atoms with Crippen molar-refractivity contribution in [1.29, 1.82) is 0 Å². The van der Waals surface area contributed by atoms with Crippen LogP contribution in [0, 0.1) is 5.82 Å². The van der Waals surface area contributed by atoms with Gasteiger partial charge >= 0.3 is 0 Å². The van der Waals surface area contributed by atoms with Crippen LogP contribution < -0.4 is 0 Å². The Morgan fingerprint density at radius 3 is 2.27 bits per heavy atom. The van der Waals surface area contributed by atoms with Crippen molar-refractivity contribution >= 4 is 22.3 Å². The van der Waals surface area contributed by atoms with E-state index in [1.807, 2.05) is 54.6 Å². The maximum Gasteiger partial charge on any atom is 0.123 e. The normalized spacial score (nSPS) is 12.2. The van der Waals surface area contributed by atoms with E-state index in [0.29, 0.717) is 11.3 Å². The lowest BCUT2D eigenvalue weighted by atomic mass is 9.99. The summed E-state index contributed by atoms with van der Waals surface area (Å²) in [7, 11) is 0. The van der Waals surface area contributed by atoms with Crippen molar-refractivity contribution in [3.8, 4) is 0 Å². The maximum atomic E-state index is 13.5. The van der Waals surface area contributed by atoms with Crippen LogP contribution in [-0.4, -0.2) is 26.7 Å². The highest BCUT2D eigenvalue weighted by Crippen LogP contribution is 2.29. The van der Waals surface area contributed by atoms with Crippen LogP contribution in [0.5, 0.6) is 0 Å². The number of aliphatic hydroxyl groups is 1. The summed E-state index contributed by atoms with van der Waals surface area (Å²) < 4.78 is 15.1. The predicted molar refractivity (Wildman–Crippen MR) is 99.7 cm³/mol. The molecule has 4 aromatic rings. The van der Waals surface area contributed by atoms with Gasteiger partial charge in [-0.25, -0.2) is 9.07 Å². The second-order valence-electron chi connectivity index (χ2n) is 5.85. The molecule has 1 N–H and O–H groups in total. The highest BCUT2D eigenvalue weighted by molar-refractivity contribution is 5.94. The first-order valence-electron chi connectivity index (χ1n) is 8.24. The zero-order valence-corrected chi connectivity index (χ0v) is 13.9. The quantitative estimate of drug-likeness (QED) is 0.569. The number of nitrogens with zero attached hydrogens (tertiary/aromatic N) is 3. The summed E-state index contributed by atoms with van der Waals surface area (Å²) in [5.74, 6) is -0.318. The van der Waals surface area contributed by atoms with Crippen molar-refractivity contribution in [2.75, 3.05) is 6.61 Å². The van der Waals surface area contributed by atoms with Gasteiger partial charge in [0.05, 0.1) is 17.8 Å². The van der Waals surface area contributed by atoms with E-state index in [1.54, 1.807) is 16.8 Å². The SMILES string of the molecule is OC/C(=C(\c1ccc(F)cc1)n1nnc2ccccc21)c1ccccc1. The van der Waals surface area contributed by atoms with Gasteiger partial charge in [0.25, 0.3) is 0 Å². The molecule has 0 aliphatic carbocycles. The molecule has 0 saturated carbocycles. The van der Waals surface area contributed by atoms with Crippen LogP contribution in [0.15, 0.2) is 78.9 Å². The van der Waals surface area contributed by atoms with E-state index in [-0.39, 0.29) is 12.4 Å². The van der Waals surface area contributed by atoms with Crippen molar-refractivity contribution in [3.63, 3.8) is 0 Å². The van der Waals surface area contributed by atoms with Crippen LogP contribution in [-0.2, 0) is 0 Å². The minimum atomic E-state index is -0.318. The van der Waals surface area contributed by atoms with E-state index < -0.39 is 0 Å². The molecule has 0 atom stereocenters. The Kier molecular flexibility index (Phi) is 4.29. The molecule has 128 valence electrons. The molecule has 1 aromatic heterocycles. The Bertz CT molecular complexity index is 1070. The summed E-state index contributed by atoms with van der Waals surface area (Å²) in [6.07, 6.45) is 0. The fourth-order valence-corrected chi connectivity index (χ4v) is 3.01. The third kappa shape index (κ3) is 2.89. The molecule has 0 radical (unpaired) electrons. The number of para-hydroxylation sites is 1. The number of benzene rings is 3. The Morgan fingerprint density at radius 1 is 0.846 bits per heavy atom. The molecule has 0 fully saturated rings. The molecule has 0 saturated heterocycles. The third-order valence-corrected chi connectivity index (χ3v) is 4.25. The van der Waals surface area contributed by atoms with Crippen molar-refractivity contribution in [3.05, 3.63) is 95.8 Å². The predicted octanol–water partition coefficient (Wildman–Crippen LogP) is 3.98. The minimum Gasteiger partial charge on any atom is -0.392 e. The van der Waals surface area contributed by atoms with E-state index in [2.05, 4.69) is 10.3 Å². The molecule has 0 amide bonds. The van der Waals surface area contributed by atoms with E-state index in [9.17, 15) is 9.50 Å². The number of aromatic nitrogens is 3. The maximum absolute atomic E-state index is 13.5. The number of hydrogen-bond donors (Lipinski definition) is 1. The lowest BCUT2D eigenvalue weighted by Gasteiger charge is -2.15. The van der Waals surface area contributed by atoms with Crippen LogP contribution >= 0.6 is 0 Å². The van der Waals surface area contributed by atoms with Gasteiger partial charge in [-0.05, 0) is 42.0 Å². The van der Waals surface area contributed by atoms with Crippen molar-refractivity contribution in [2.24, 2.45) is 0 Å². The summed E-state index contributed by atoms with van der Waals surface area (Å²) >= 11 is 0. The van der Waals surface area contributed by atoms with Gasteiger partial charge in [0.2, 0.25) is 0 Å². The zero-order chi connectivity index (χ0) is 17.9. The molecule has 5 heteroatoms. The van der Waals surface area contributed by atoms with Crippen LogP contribution in [0.4, 0.5) is 4.39 Å². The molecule has 26 heavy (non-hydrogen) atoms. The first-order valence-corrected chi connectivity index (χ1v) is 8.24. The third-order valence-electron chi connectivity index (χ3n) is 4.25. The van der Waals surface area contributed by atoms with Gasteiger partial charge in [-0.3, -0.25) is 0 Å². The first kappa shape index (κ1) is 16.2. The minimum absolute atomic E-state index is 0.190. The lowest BCUT2D eigenvalue weighted by Crippen LogP contribution is -2.07. The van der Waals surface area contributed by atoms with Crippen LogP contribution in [0.2, 0.25) is 0 Å². The second kappa shape index (κ2) is 6.90. The van der Waals surface area contributed by atoms with Crippen molar-refractivity contribution in [1.82, 2.24) is 15.0 Å². The van der Waals surface area contributed by atoms with Crippen molar-refractivity contribution in [2.45, 2.75) is 0 Å². The largest absolute Gasteiger partial charge is 0.392 e. The Labute approximate surface area is 149 Å². The molecule has 0 unspecified atom stereocenters.